The zero-order chi connectivity index (χ0) is 22.6. The largest absolute Gasteiger partial charge is 0.355 e. The smallest absolute Gasteiger partial charge is 0.270 e. The van der Waals surface area contributed by atoms with Gasteiger partial charge in [-0.1, -0.05) is 19.9 Å². The first-order valence-electron chi connectivity index (χ1n) is 10.2. The van der Waals surface area contributed by atoms with Crippen molar-refractivity contribution in [3.05, 3.63) is 34.4 Å². The lowest BCUT2D eigenvalue weighted by atomic mass is 10.2. The van der Waals surface area contributed by atoms with Gasteiger partial charge in [0.25, 0.3) is 5.69 Å². The molecule has 0 aliphatic carbocycles. The van der Waals surface area contributed by atoms with Gasteiger partial charge in [-0.2, -0.15) is 0 Å². The lowest BCUT2D eigenvalue weighted by Gasteiger charge is -2.21. The highest BCUT2D eigenvalue weighted by Crippen LogP contribution is 2.16. The van der Waals surface area contributed by atoms with Crippen LogP contribution in [-0.2, 0) is 10.0 Å². The quantitative estimate of drug-likeness (QED) is 0.139. The topological polar surface area (TPSA) is 129 Å². The summed E-state index contributed by atoms with van der Waals surface area (Å²) in [4.78, 5) is 16.6. The molecular formula is C19H34N6O4S. The number of rotatable bonds is 13. The van der Waals surface area contributed by atoms with Crippen LogP contribution in [0.25, 0.3) is 0 Å². The summed E-state index contributed by atoms with van der Waals surface area (Å²) in [6.45, 7) is 9.99. The zero-order valence-electron chi connectivity index (χ0n) is 18.2. The molecule has 1 aromatic rings. The number of non-ortho nitro benzene ring substituents is 1. The molecule has 0 saturated heterocycles. The van der Waals surface area contributed by atoms with Crippen LogP contribution >= 0.6 is 0 Å². The third kappa shape index (κ3) is 9.06. The summed E-state index contributed by atoms with van der Waals surface area (Å²) < 4.78 is 27.1. The number of nitro benzene ring substituents is 1. The van der Waals surface area contributed by atoms with Gasteiger partial charge in [0.05, 0.1) is 9.82 Å². The standard InChI is InChI=1S/C19H34N6O4S/c1-5-24(6-2)14-8-9-16(3)23-19(20-4)21-12-13-22-30(28,29)18-11-7-10-17(15-18)25(26)27/h7,10-11,15-16,22H,5-6,8-9,12-14H2,1-4H3,(H2,20,21,23). The molecule has 0 heterocycles. The molecule has 0 aliphatic heterocycles. The van der Waals surface area contributed by atoms with E-state index in [2.05, 4.69) is 46.0 Å². The van der Waals surface area contributed by atoms with Crippen molar-refractivity contribution in [2.75, 3.05) is 39.8 Å². The van der Waals surface area contributed by atoms with E-state index in [9.17, 15) is 18.5 Å². The van der Waals surface area contributed by atoms with Crippen molar-refractivity contribution < 1.29 is 13.3 Å². The Balaban J connectivity index is 2.42. The van der Waals surface area contributed by atoms with Crippen LogP contribution in [-0.4, -0.2) is 70.0 Å². The highest BCUT2D eigenvalue weighted by Gasteiger charge is 2.17. The van der Waals surface area contributed by atoms with Crippen molar-refractivity contribution >= 4 is 21.7 Å². The second-order valence-corrected chi connectivity index (χ2v) is 8.63. The molecule has 3 N–H and O–H groups in total. The van der Waals surface area contributed by atoms with Crippen molar-refractivity contribution in [3.8, 4) is 0 Å². The average Bonchev–Trinajstić information content (AvgIpc) is 2.73. The van der Waals surface area contributed by atoms with Gasteiger partial charge in [-0.05, 0) is 45.5 Å². The van der Waals surface area contributed by atoms with Gasteiger partial charge in [0.15, 0.2) is 5.96 Å². The molecule has 0 bridgehead atoms. The van der Waals surface area contributed by atoms with Crippen molar-refractivity contribution in [1.82, 2.24) is 20.3 Å². The molecule has 1 rings (SSSR count). The normalized spacial score (nSPS) is 13.3. The van der Waals surface area contributed by atoms with E-state index < -0.39 is 14.9 Å². The van der Waals surface area contributed by atoms with Crippen molar-refractivity contribution in [3.63, 3.8) is 0 Å². The van der Waals surface area contributed by atoms with Crippen LogP contribution in [0.1, 0.15) is 33.6 Å². The van der Waals surface area contributed by atoms with Crippen LogP contribution < -0.4 is 15.4 Å². The Bertz CT molecular complexity index is 796. The summed E-state index contributed by atoms with van der Waals surface area (Å²) in [5.74, 6) is 0.597. The fourth-order valence-electron chi connectivity index (χ4n) is 2.87. The molecule has 1 aromatic carbocycles. The number of hydrogen-bond acceptors (Lipinski definition) is 6. The average molecular weight is 443 g/mol. The lowest BCUT2D eigenvalue weighted by molar-refractivity contribution is -0.385. The summed E-state index contributed by atoms with van der Waals surface area (Å²) in [6, 6.07) is 5.19. The van der Waals surface area contributed by atoms with Crippen molar-refractivity contribution in [2.24, 2.45) is 4.99 Å². The maximum absolute atomic E-state index is 12.3. The molecule has 0 amide bonds. The number of aliphatic imine (C=N–C) groups is 1. The Kier molecular flexibility index (Phi) is 11.3. The minimum absolute atomic E-state index is 0.113. The Morgan fingerprint density at radius 2 is 1.97 bits per heavy atom. The molecule has 0 saturated carbocycles. The molecule has 1 atom stereocenters. The van der Waals surface area contributed by atoms with E-state index in [4.69, 9.17) is 0 Å². The molecule has 0 aromatic heterocycles. The lowest BCUT2D eigenvalue weighted by Crippen LogP contribution is -2.45. The second kappa shape index (κ2) is 13.1. The number of benzene rings is 1. The molecule has 30 heavy (non-hydrogen) atoms. The highest BCUT2D eigenvalue weighted by atomic mass is 32.2. The van der Waals surface area contributed by atoms with E-state index in [-0.39, 0.29) is 23.2 Å². The minimum Gasteiger partial charge on any atom is -0.355 e. The summed E-state index contributed by atoms with van der Waals surface area (Å²) >= 11 is 0. The van der Waals surface area contributed by atoms with Gasteiger partial charge in [-0.25, -0.2) is 13.1 Å². The van der Waals surface area contributed by atoms with Crippen LogP contribution in [0.15, 0.2) is 34.2 Å². The first kappa shape index (κ1) is 25.8. The van der Waals surface area contributed by atoms with Crippen LogP contribution in [0.5, 0.6) is 0 Å². The SMILES string of the molecule is CCN(CC)CCCC(C)NC(=NC)NCCNS(=O)(=O)c1cccc([N+](=O)[O-])c1. The molecule has 11 heteroatoms. The van der Waals surface area contributed by atoms with Crippen molar-refractivity contribution in [2.45, 2.75) is 44.6 Å². The highest BCUT2D eigenvalue weighted by molar-refractivity contribution is 7.89. The van der Waals surface area contributed by atoms with E-state index in [1.54, 1.807) is 7.05 Å². The van der Waals surface area contributed by atoms with Crippen molar-refractivity contribution in [1.29, 1.82) is 0 Å². The summed E-state index contributed by atoms with van der Waals surface area (Å²) in [7, 11) is -2.17. The summed E-state index contributed by atoms with van der Waals surface area (Å²) in [6.07, 6.45) is 2.08. The molecular weight excluding hydrogens is 408 g/mol. The Labute approximate surface area is 179 Å². The third-order valence-corrected chi connectivity index (χ3v) is 6.12. The van der Waals surface area contributed by atoms with Crippen LogP contribution in [0.2, 0.25) is 0 Å². The molecule has 10 nitrogen and oxygen atoms in total. The minimum atomic E-state index is -3.83. The van der Waals surface area contributed by atoms with E-state index in [1.807, 2.05) is 0 Å². The summed E-state index contributed by atoms with van der Waals surface area (Å²) in [5, 5.41) is 17.2. The van der Waals surface area contributed by atoms with Gasteiger partial charge < -0.3 is 15.5 Å². The monoisotopic (exact) mass is 442 g/mol. The number of guanidine groups is 1. The molecule has 0 aliphatic rings. The number of hydrogen-bond donors (Lipinski definition) is 3. The van der Waals surface area contributed by atoms with Crippen LogP contribution in [0, 0.1) is 10.1 Å². The van der Waals surface area contributed by atoms with Gasteiger partial charge in [0.2, 0.25) is 10.0 Å². The maximum Gasteiger partial charge on any atom is 0.270 e. The maximum atomic E-state index is 12.3. The van der Waals surface area contributed by atoms with Gasteiger partial charge in [-0.15, -0.1) is 0 Å². The molecule has 0 fully saturated rings. The first-order chi connectivity index (χ1) is 14.2. The number of nitro groups is 1. The second-order valence-electron chi connectivity index (χ2n) is 6.87. The predicted octanol–water partition coefficient (Wildman–Crippen LogP) is 1.55. The number of nitrogens with one attached hydrogen (secondary N) is 3. The number of nitrogens with zero attached hydrogens (tertiary/aromatic N) is 3. The zero-order valence-corrected chi connectivity index (χ0v) is 19.0. The van der Waals surface area contributed by atoms with Crippen LogP contribution in [0.4, 0.5) is 5.69 Å². The Hall–Kier alpha value is -2.24. The van der Waals surface area contributed by atoms with Gasteiger partial charge >= 0.3 is 0 Å². The fourth-order valence-corrected chi connectivity index (χ4v) is 3.95. The Morgan fingerprint density at radius 1 is 1.27 bits per heavy atom. The molecule has 1 unspecified atom stereocenters. The van der Waals surface area contributed by atoms with E-state index in [0.29, 0.717) is 12.5 Å². The van der Waals surface area contributed by atoms with Crippen LogP contribution in [0.3, 0.4) is 0 Å². The number of sulfonamides is 1. The predicted molar refractivity (Wildman–Crippen MR) is 119 cm³/mol. The summed E-state index contributed by atoms with van der Waals surface area (Å²) in [5.41, 5.74) is -0.268. The molecule has 170 valence electrons. The Morgan fingerprint density at radius 3 is 2.57 bits per heavy atom. The fraction of sp³-hybridized carbons (Fsp3) is 0.632. The van der Waals surface area contributed by atoms with E-state index >= 15 is 0 Å². The third-order valence-electron chi connectivity index (χ3n) is 4.66. The van der Waals surface area contributed by atoms with Gasteiger partial charge in [-0.3, -0.25) is 15.1 Å². The molecule has 0 spiro atoms. The van der Waals surface area contributed by atoms with Gasteiger partial charge in [0, 0.05) is 38.3 Å². The molecule has 0 radical (unpaired) electrons. The van der Waals surface area contributed by atoms with E-state index in [1.165, 1.54) is 18.2 Å². The first-order valence-corrected chi connectivity index (χ1v) is 11.6. The van der Waals surface area contributed by atoms with Gasteiger partial charge in [0.1, 0.15) is 0 Å². The van der Waals surface area contributed by atoms with E-state index in [0.717, 1.165) is 38.5 Å².